The van der Waals surface area contributed by atoms with Gasteiger partial charge >= 0.3 is 0 Å². The Morgan fingerprint density at radius 3 is 1.93 bits per heavy atom. The number of rotatable bonds is 1. The molecule has 0 radical (unpaired) electrons. The summed E-state index contributed by atoms with van der Waals surface area (Å²) in [6, 6.07) is 0.203. The van der Waals surface area contributed by atoms with Crippen LogP contribution in [-0.2, 0) is 0 Å². The van der Waals surface area contributed by atoms with E-state index in [-0.39, 0.29) is 6.04 Å². The quantitative estimate of drug-likeness (QED) is 0.637. The standard InChI is InChI=1S/C13H25N/c1-10(14)6-11-7-12(2,3)9-13(4,5)8-11/h6,10H,7-9,14H2,1-5H3. The summed E-state index contributed by atoms with van der Waals surface area (Å²) in [6.07, 6.45) is 6.01. The van der Waals surface area contributed by atoms with Crippen LogP contribution in [0.3, 0.4) is 0 Å². The highest BCUT2D eigenvalue weighted by molar-refractivity contribution is 5.14. The fourth-order valence-electron chi connectivity index (χ4n) is 3.20. The molecule has 1 atom stereocenters. The van der Waals surface area contributed by atoms with Crippen molar-refractivity contribution in [2.45, 2.75) is 59.9 Å². The average molecular weight is 195 g/mol. The van der Waals surface area contributed by atoms with Gasteiger partial charge < -0.3 is 5.73 Å². The zero-order valence-corrected chi connectivity index (χ0v) is 10.4. The predicted octanol–water partition coefficient (Wildman–Crippen LogP) is 3.50. The summed E-state index contributed by atoms with van der Waals surface area (Å²) >= 11 is 0. The lowest BCUT2D eigenvalue weighted by atomic mass is 9.63. The summed E-state index contributed by atoms with van der Waals surface area (Å²) in [7, 11) is 0. The van der Waals surface area contributed by atoms with E-state index >= 15 is 0 Å². The fraction of sp³-hybridized carbons (Fsp3) is 0.846. The lowest BCUT2D eigenvalue weighted by molar-refractivity contribution is 0.153. The Balaban J connectivity index is 2.82. The molecule has 2 N–H and O–H groups in total. The van der Waals surface area contributed by atoms with E-state index in [0.717, 1.165) is 0 Å². The highest BCUT2D eigenvalue weighted by Gasteiger charge is 2.35. The lowest BCUT2D eigenvalue weighted by Gasteiger charge is -2.42. The maximum absolute atomic E-state index is 5.82. The Bertz CT molecular complexity index is 216. The van der Waals surface area contributed by atoms with Crippen molar-refractivity contribution in [1.82, 2.24) is 0 Å². The van der Waals surface area contributed by atoms with E-state index in [1.54, 1.807) is 5.57 Å². The number of hydrogen-bond acceptors (Lipinski definition) is 1. The molecule has 1 aliphatic carbocycles. The minimum Gasteiger partial charge on any atom is -0.325 e. The van der Waals surface area contributed by atoms with Crippen molar-refractivity contribution >= 4 is 0 Å². The largest absolute Gasteiger partial charge is 0.325 e. The van der Waals surface area contributed by atoms with Crippen LogP contribution in [0.15, 0.2) is 11.6 Å². The summed E-state index contributed by atoms with van der Waals surface area (Å²) in [5.74, 6) is 0. The maximum Gasteiger partial charge on any atom is 0.0197 e. The highest BCUT2D eigenvalue weighted by atomic mass is 14.6. The smallest absolute Gasteiger partial charge is 0.0197 e. The first-order valence-corrected chi connectivity index (χ1v) is 5.65. The molecule has 1 heteroatoms. The summed E-state index contributed by atoms with van der Waals surface area (Å²) in [5.41, 5.74) is 8.27. The third-order valence-electron chi connectivity index (χ3n) is 2.87. The second-order valence-electron chi connectivity index (χ2n) is 6.54. The molecule has 0 aliphatic heterocycles. The normalized spacial score (nSPS) is 27.1. The molecule has 0 aromatic rings. The zero-order valence-electron chi connectivity index (χ0n) is 10.4. The Morgan fingerprint density at radius 1 is 1.14 bits per heavy atom. The minimum absolute atomic E-state index is 0.203. The van der Waals surface area contributed by atoms with Gasteiger partial charge in [0, 0.05) is 6.04 Å². The predicted molar refractivity (Wildman–Crippen MR) is 63.1 cm³/mol. The van der Waals surface area contributed by atoms with Crippen molar-refractivity contribution in [1.29, 1.82) is 0 Å². The molecule has 0 bridgehead atoms. The van der Waals surface area contributed by atoms with Crippen LogP contribution in [-0.4, -0.2) is 6.04 Å². The van der Waals surface area contributed by atoms with Gasteiger partial charge in [-0.1, -0.05) is 39.3 Å². The maximum atomic E-state index is 5.82. The molecule has 1 nitrogen and oxygen atoms in total. The first kappa shape index (κ1) is 11.8. The van der Waals surface area contributed by atoms with E-state index < -0.39 is 0 Å². The van der Waals surface area contributed by atoms with Crippen LogP contribution in [0.4, 0.5) is 0 Å². The van der Waals surface area contributed by atoms with Crippen LogP contribution in [0.1, 0.15) is 53.9 Å². The van der Waals surface area contributed by atoms with Gasteiger partial charge in [-0.2, -0.15) is 0 Å². The molecule has 1 fully saturated rings. The SMILES string of the molecule is CC(N)C=C1CC(C)(C)CC(C)(C)C1. The molecule has 82 valence electrons. The first-order chi connectivity index (χ1) is 6.20. The van der Waals surface area contributed by atoms with E-state index in [9.17, 15) is 0 Å². The number of allylic oxidation sites excluding steroid dienone is 1. The molecule has 0 aromatic heterocycles. The van der Waals surface area contributed by atoms with E-state index in [2.05, 4.69) is 40.7 Å². The molecule has 0 aromatic carbocycles. The van der Waals surface area contributed by atoms with Gasteiger partial charge in [-0.25, -0.2) is 0 Å². The minimum atomic E-state index is 0.203. The second-order valence-corrected chi connectivity index (χ2v) is 6.54. The average Bonchev–Trinajstić information content (AvgIpc) is 1.74. The third-order valence-corrected chi connectivity index (χ3v) is 2.87. The molecule has 14 heavy (non-hydrogen) atoms. The Kier molecular flexibility index (Phi) is 3.10. The fourth-order valence-corrected chi connectivity index (χ4v) is 3.20. The van der Waals surface area contributed by atoms with Crippen molar-refractivity contribution in [3.05, 3.63) is 11.6 Å². The van der Waals surface area contributed by atoms with Crippen LogP contribution >= 0.6 is 0 Å². The molecule has 0 spiro atoms. The van der Waals surface area contributed by atoms with E-state index in [1.807, 2.05) is 0 Å². The van der Waals surface area contributed by atoms with Gasteiger partial charge in [-0.15, -0.1) is 0 Å². The highest BCUT2D eigenvalue weighted by Crippen LogP contribution is 2.47. The summed E-state index contributed by atoms with van der Waals surface area (Å²) < 4.78 is 0. The summed E-state index contributed by atoms with van der Waals surface area (Å²) in [4.78, 5) is 0. The van der Waals surface area contributed by atoms with Gasteiger partial charge in [0.1, 0.15) is 0 Å². The van der Waals surface area contributed by atoms with Crippen molar-refractivity contribution in [2.24, 2.45) is 16.6 Å². The Hall–Kier alpha value is -0.300. The van der Waals surface area contributed by atoms with Crippen LogP contribution in [0, 0.1) is 10.8 Å². The second kappa shape index (κ2) is 3.69. The summed E-state index contributed by atoms with van der Waals surface area (Å²) in [6.45, 7) is 11.5. The van der Waals surface area contributed by atoms with Crippen molar-refractivity contribution < 1.29 is 0 Å². The van der Waals surface area contributed by atoms with Crippen molar-refractivity contribution in [2.75, 3.05) is 0 Å². The molecule has 0 heterocycles. The molecule has 0 saturated heterocycles. The number of nitrogens with two attached hydrogens (primary N) is 1. The molecule has 1 aliphatic rings. The van der Waals surface area contributed by atoms with Crippen molar-refractivity contribution in [3.63, 3.8) is 0 Å². The van der Waals surface area contributed by atoms with Gasteiger partial charge in [-0.05, 0) is 37.0 Å². The van der Waals surface area contributed by atoms with Gasteiger partial charge in [0.2, 0.25) is 0 Å². The van der Waals surface area contributed by atoms with Gasteiger partial charge in [0.25, 0.3) is 0 Å². The van der Waals surface area contributed by atoms with Gasteiger partial charge in [0.05, 0.1) is 0 Å². The molecule has 1 unspecified atom stereocenters. The van der Waals surface area contributed by atoms with E-state index in [0.29, 0.717) is 10.8 Å². The molecule has 1 saturated carbocycles. The topological polar surface area (TPSA) is 26.0 Å². The Labute approximate surface area is 88.8 Å². The summed E-state index contributed by atoms with van der Waals surface area (Å²) in [5, 5.41) is 0. The van der Waals surface area contributed by atoms with Gasteiger partial charge in [0.15, 0.2) is 0 Å². The first-order valence-electron chi connectivity index (χ1n) is 5.65. The molecular formula is C13H25N. The van der Waals surface area contributed by atoms with Crippen LogP contribution in [0.5, 0.6) is 0 Å². The van der Waals surface area contributed by atoms with E-state index in [1.165, 1.54) is 19.3 Å². The van der Waals surface area contributed by atoms with Crippen LogP contribution in [0.2, 0.25) is 0 Å². The number of hydrogen-bond donors (Lipinski definition) is 1. The van der Waals surface area contributed by atoms with E-state index in [4.69, 9.17) is 5.73 Å². The zero-order chi connectivity index (χ0) is 11.0. The molecule has 1 rings (SSSR count). The van der Waals surface area contributed by atoms with Crippen molar-refractivity contribution in [3.8, 4) is 0 Å². The molecular weight excluding hydrogens is 170 g/mol. The lowest BCUT2D eigenvalue weighted by Crippen LogP contribution is -2.30. The van der Waals surface area contributed by atoms with Crippen LogP contribution in [0.25, 0.3) is 0 Å². The monoisotopic (exact) mass is 195 g/mol. The molecule has 0 amide bonds. The van der Waals surface area contributed by atoms with Crippen LogP contribution < -0.4 is 5.73 Å². The van der Waals surface area contributed by atoms with Gasteiger partial charge in [-0.3, -0.25) is 0 Å². The third kappa shape index (κ3) is 3.45. The Morgan fingerprint density at radius 2 is 1.57 bits per heavy atom.